The Labute approximate surface area is 71.3 Å². The smallest absolute Gasteiger partial charge is 0.0525 e. The van der Waals surface area contributed by atoms with Crippen LogP contribution in [0.1, 0.15) is 31.2 Å². The molecule has 3 heteroatoms. The maximum Gasteiger partial charge on any atom is 0.0525 e. The number of rotatable bonds is 2. The van der Waals surface area contributed by atoms with E-state index >= 15 is 0 Å². The highest BCUT2D eigenvalue weighted by Gasteiger charge is 2.64. The minimum absolute atomic E-state index is 0.122. The highest BCUT2D eigenvalue weighted by Crippen LogP contribution is 2.63. The van der Waals surface area contributed by atoms with Crippen LogP contribution in [-0.4, -0.2) is 15.7 Å². The molecule has 3 N–H and O–H groups in total. The van der Waals surface area contributed by atoms with Crippen molar-refractivity contribution in [1.29, 1.82) is 0 Å². The number of aromatic amines is 1. The van der Waals surface area contributed by atoms with E-state index in [2.05, 4.69) is 10.2 Å². The van der Waals surface area contributed by atoms with Crippen molar-refractivity contribution in [3.05, 3.63) is 18.0 Å². The topological polar surface area (TPSA) is 54.7 Å². The Kier molecular flexibility index (Phi) is 0.966. The van der Waals surface area contributed by atoms with Gasteiger partial charge in [0.2, 0.25) is 0 Å². The van der Waals surface area contributed by atoms with E-state index in [0.29, 0.717) is 5.41 Å². The highest BCUT2D eigenvalue weighted by molar-refractivity contribution is 5.37. The Hall–Kier alpha value is -0.830. The number of H-pyrrole nitrogens is 1. The van der Waals surface area contributed by atoms with E-state index < -0.39 is 0 Å². The third kappa shape index (κ3) is 0.630. The Bertz CT molecular complexity index is 294. The van der Waals surface area contributed by atoms with Gasteiger partial charge < -0.3 is 5.73 Å². The van der Waals surface area contributed by atoms with Crippen molar-refractivity contribution in [2.75, 3.05) is 0 Å². The molecule has 12 heavy (non-hydrogen) atoms. The average molecular weight is 163 g/mol. The van der Waals surface area contributed by atoms with Gasteiger partial charge in [0.25, 0.3) is 0 Å². The second kappa shape index (κ2) is 1.74. The van der Waals surface area contributed by atoms with Gasteiger partial charge in [0, 0.05) is 17.2 Å². The molecule has 64 valence electrons. The Morgan fingerprint density at radius 3 is 2.50 bits per heavy atom. The molecule has 2 aliphatic carbocycles. The normalized spacial score (nSPS) is 28.4. The van der Waals surface area contributed by atoms with Gasteiger partial charge in [-0.25, -0.2) is 0 Å². The van der Waals surface area contributed by atoms with Gasteiger partial charge in [-0.1, -0.05) is 0 Å². The molecule has 0 aliphatic heterocycles. The van der Waals surface area contributed by atoms with E-state index in [4.69, 9.17) is 5.73 Å². The lowest BCUT2D eigenvalue weighted by molar-refractivity contribution is 0.503. The lowest BCUT2D eigenvalue weighted by atomic mass is 9.88. The van der Waals surface area contributed by atoms with Gasteiger partial charge in [-0.05, 0) is 31.2 Å². The second-order valence-corrected chi connectivity index (χ2v) is 4.23. The summed E-state index contributed by atoms with van der Waals surface area (Å²) in [5, 5.41) is 6.86. The standard InChI is InChI=1S/C9H13N3/c10-9(3-4-9)8(1-2-8)7-5-11-12-6-7/h5-6H,1-4,10H2,(H,11,12). The van der Waals surface area contributed by atoms with Gasteiger partial charge in [0.05, 0.1) is 6.20 Å². The van der Waals surface area contributed by atoms with E-state index in [0.717, 1.165) is 0 Å². The predicted octanol–water partition coefficient (Wildman–Crippen LogP) is 0.933. The van der Waals surface area contributed by atoms with Crippen LogP contribution >= 0.6 is 0 Å². The first-order valence-corrected chi connectivity index (χ1v) is 4.55. The molecule has 2 aliphatic rings. The van der Waals surface area contributed by atoms with Crippen LogP contribution in [0.3, 0.4) is 0 Å². The van der Waals surface area contributed by atoms with Crippen molar-refractivity contribution in [2.45, 2.75) is 36.6 Å². The molecule has 2 saturated carbocycles. The summed E-state index contributed by atoms with van der Waals surface area (Å²) in [7, 11) is 0. The highest BCUT2D eigenvalue weighted by atomic mass is 15.1. The van der Waals surface area contributed by atoms with Gasteiger partial charge in [0.1, 0.15) is 0 Å². The fourth-order valence-electron chi connectivity index (χ4n) is 2.32. The molecule has 0 atom stereocenters. The van der Waals surface area contributed by atoms with Gasteiger partial charge in [-0.15, -0.1) is 0 Å². The predicted molar refractivity (Wildman–Crippen MR) is 45.7 cm³/mol. The summed E-state index contributed by atoms with van der Waals surface area (Å²) in [6.45, 7) is 0. The molecular weight excluding hydrogens is 150 g/mol. The van der Waals surface area contributed by atoms with Crippen LogP contribution in [0.25, 0.3) is 0 Å². The summed E-state index contributed by atoms with van der Waals surface area (Å²) in [6.07, 6.45) is 8.82. The van der Waals surface area contributed by atoms with Gasteiger partial charge in [0.15, 0.2) is 0 Å². The largest absolute Gasteiger partial charge is 0.324 e. The van der Waals surface area contributed by atoms with Crippen LogP contribution in [0.5, 0.6) is 0 Å². The molecule has 0 amide bonds. The summed E-state index contributed by atoms with van der Waals surface area (Å²) in [5.74, 6) is 0. The number of nitrogens with two attached hydrogens (primary N) is 1. The molecule has 0 bridgehead atoms. The molecule has 1 aromatic heterocycles. The van der Waals surface area contributed by atoms with Crippen LogP contribution in [0.15, 0.2) is 12.4 Å². The molecule has 2 fully saturated rings. The van der Waals surface area contributed by atoms with Crippen molar-refractivity contribution >= 4 is 0 Å². The van der Waals surface area contributed by atoms with Crippen LogP contribution in [0.4, 0.5) is 0 Å². The molecule has 3 rings (SSSR count). The summed E-state index contributed by atoms with van der Waals surface area (Å²) in [5.41, 5.74) is 7.99. The van der Waals surface area contributed by atoms with E-state index in [-0.39, 0.29) is 5.54 Å². The average Bonchev–Trinajstić information content (AvgIpc) is 2.96. The van der Waals surface area contributed by atoms with E-state index in [1.165, 1.54) is 31.2 Å². The van der Waals surface area contributed by atoms with Crippen LogP contribution < -0.4 is 5.73 Å². The molecule has 0 unspecified atom stereocenters. The zero-order chi connectivity index (χ0) is 8.23. The number of hydrogen-bond acceptors (Lipinski definition) is 2. The van der Waals surface area contributed by atoms with Crippen molar-refractivity contribution in [3.8, 4) is 0 Å². The minimum atomic E-state index is 0.122. The second-order valence-electron chi connectivity index (χ2n) is 4.23. The van der Waals surface area contributed by atoms with Crippen LogP contribution in [0.2, 0.25) is 0 Å². The molecule has 0 aromatic carbocycles. The van der Waals surface area contributed by atoms with Crippen molar-refractivity contribution in [2.24, 2.45) is 5.73 Å². The Morgan fingerprint density at radius 1 is 1.33 bits per heavy atom. The first kappa shape index (κ1) is 6.66. The quantitative estimate of drug-likeness (QED) is 0.681. The van der Waals surface area contributed by atoms with Gasteiger partial charge in [-0.2, -0.15) is 5.10 Å². The third-order valence-corrected chi connectivity index (χ3v) is 3.54. The molecular formula is C9H13N3. The Morgan fingerprint density at radius 2 is 2.08 bits per heavy atom. The maximum absolute atomic E-state index is 6.24. The molecule has 0 spiro atoms. The van der Waals surface area contributed by atoms with Crippen LogP contribution in [0, 0.1) is 0 Å². The van der Waals surface area contributed by atoms with Gasteiger partial charge in [-0.3, -0.25) is 5.10 Å². The van der Waals surface area contributed by atoms with E-state index in [1.807, 2.05) is 12.4 Å². The number of aromatic nitrogens is 2. The lowest BCUT2D eigenvalue weighted by Gasteiger charge is -2.20. The lowest BCUT2D eigenvalue weighted by Crippen LogP contribution is -2.36. The first-order chi connectivity index (χ1) is 5.77. The summed E-state index contributed by atoms with van der Waals surface area (Å²) in [4.78, 5) is 0. The third-order valence-electron chi connectivity index (χ3n) is 3.54. The van der Waals surface area contributed by atoms with Crippen molar-refractivity contribution in [1.82, 2.24) is 10.2 Å². The van der Waals surface area contributed by atoms with E-state index in [9.17, 15) is 0 Å². The fourth-order valence-corrected chi connectivity index (χ4v) is 2.32. The molecule has 1 heterocycles. The van der Waals surface area contributed by atoms with E-state index in [1.54, 1.807) is 0 Å². The first-order valence-electron chi connectivity index (χ1n) is 4.55. The summed E-state index contributed by atoms with van der Waals surface area (Å²) in [6, 6.07) is 0. The fraction of sp³-hybridized carbons (Fsp3) is 0.667. The summed E-state index contributed by atoms with van der Waals surface area (Å²) >= 11 is 0. The zero-order valence-electron chi connectivity index (χ0n) is 7.01. The van der Waals surface area contributed by atoms with Crippen molar-refractivity contribution < 1.29 is 0 Å². The molecule has 0 radical (unpaired) electrons. The zero-order valence-corrected chi connectivity index (χ0v) is 7.01. The number of hydrogen-bond donors (Lipinski definition) is 2. The van der Waals surface area contributed by atoms with Crippen molar-refractivity contribution in [3.63, 3.8) is 0 Å². The summed E-state index contributed by atoms with van der Waals surface area (Å²) < 4.78 is 0. The van der Waals surface area contributed by atoms with Crippen LogP contribution in [-0.2, 0) is 5.41 Å². The SMILES string of the molecule is NC1(C2(c3cn[nH]c3)CC2)CC1. The molecule has 1 aromatic rings. The Balaban J connectivity index is 2.02. The number of nitrogens with one attached hydrogen (secondary N) is 1. The maximum atomic E-state index is 6.24. The molecule has 0 saturated heterocycles. The number of nitrogens with zero attached hydrogens (tertiary/aromatic N) is 1. The molecule has 3 nitrogen and oxygen atoms in total. The minimum Gasteiger partial charge on any atom is -0.324 e. The van der Waals surface area contributed by atoms with Gasteiger partial charge >= 0.3 is 0 Å². The monoisotopic (exact) mass is 163 g/mol.